The highest BCUT2D eigenvalue weighted by molar-refractivity contribution is 5.57. The van der Waals surface area contributed by atoms with Crippen molar-refractivity contribution in [2.75, 3.05) is 17.2 Å². The molecule has 0 spiro atoms. The second-order valence-corrected chi connectivity index (χ2v) is 4.81. The second kappa shape index (κ2) is 4.84. The Morgan fingerprint density at radius 3 is 2.79 bits per heavy atom. The van der Waals surface area contributed by atoms with Crippen LogP contribution in [-0.4, -0.2) is 6.61 Å². The van der Waals surface area contributed by atoms with Crippen LogP contribution in [0.15, 0.2) is 42.5 Å². The van der Waals surface area contributed by atoms with Gasteiger partial charge in [-0.25, -0.2) is 0 Å². The third kappa shape index (κ3) is 2.36. The van der Waals surface area contributed by atoms with Gasteiger partial charge in [-0.1, -0.05) is 12.1 Å². The zero-order valence-corrected chi connectivity index (χ0v) is 11.1. The molecule has 0 saturated carbocycles. The van der Waals surface area contributed by atoms with Gasteiger partial charge in [-0.15, -0.1) is 0 Å². The summed E-state index contributed by atoms with van der Waals surface area (Å²) in [5.74, 6) is 0.926. The number of hydrogen-bond acceptors (Lipinski definition) is 3. The van der Waals surface area contributed by atoms with E-state index >= 15 is 0 Å². The molecule has 0 fully saturated rings. The lowest BCUT2D eigenvalue weighted by Gasteiger charge is -2.18. The third-order valence-corrected chi connectivity index (χ3v) is 3.45. The maximum atomic E-state index is 5.84. The molecular formula is C16H18N2O. The second-order valence-electron chi connectivity index (χ2n) is 4.81. The van der Waals surface area contributed by atoms with Crippen LogP contribution in [0.5, 0.6) is 5.75 Å². The van der Waals surface area contributed by atoms with Crippen LogP contribution >= 0.6 is 0 Å². The molecule has 0 saturated heterocycles. The summed E-state index contributed by atoms with van der Waals surface area (Å²) >= 11 is 0. The molecule has 3 nitrogen and oxygen atoms in total. The van der Waals surface area contributed by atoms with Crippen molar-refractivity contribution in [2.24, 2.45) is 0 Å². The van der Waals surface area contributed by atoms with Gasteiger partial charge < -0.3 is 15.4 Å². The highest BCUT2D eigenvalue weighted by atomic mass is 16.5. The number of ether oxygens (including phenoxy) is 1. The Kier molecular flexibility index (Phi) is 3.03. The van der Waals surface area contributed by atoms with E-state index in [0.717, 1.165) is 24.5 Å². The molecule has 98 valence electrons. The molecule has 0 amide bonds. The molecule has 1 aliphatic heterocycles. The molecule has 0 bridgehead atoms. The first kappa shape index (κ1) is 11.9. The number of nitrogens with two attached hydrogens (primary N) is 1. The zero-order chi connectivity index (χ0) is 13.2. The van der Waals surface area contributed by atoms with Crippen molar-refractivity contribution in [3.8, 4) is 5.75 Å². The summed E-state index contributed by atoms with van der Waals surface area (Å²) < 4.78 is 5.56. The first-order valence-electron chi connectivity index (χ1n) is 6.61. The lowest BCUT2D eigenvalue weighted by molar-refractivity contribution is 0.340. The predicted octanol–water partition coefficient (Wildman–Crippen LogP) is 3.19. The normalized spacial score (nSPS) is 13.4. The summed E-state index contributed by atoms with van der Waals surface area (Å²) in [6, 6.07) is 14.4. The van der Waals surface area contributed by atoms with Gasteiger partial charge >= 0.3 is 0 Å². The molecule has 2 aromatic rings. The first-order chi connectivity index (χ1) is 9.26. The number of anilines is 2. The number of fused-ring (bicyclic) bond motifs is 1. The fourth-order valence-corrected chi connectivity index (χ4v) is 2.53. The maximum absolute atomic E-state index is 5.84. The van der Waals surface area contributed by atoms with Crippen molar-refractivity contribution in [2.45, 2.75) is 20.0 Å². The number of nitrogens with zero attached hydrogens (tertiary/aromatic N) is 1. The molecule has 1 aliphatic rings. The molecule has 0 aliphatic carbocycles. The van der Waals surface area contributed by atoms with E-state index in [4.69, 9.17) is 10.5 Å². The van der Waals surface area contributed by atoms with Gasteiger partial charge in [0.15, 0.2) is 0 Å². The molecule has 1 heterocycles. The number of rotatable bonds is 3. The van der Waals surface area contributed by atoms with E-state index in [0.29, 0.717) is 6.61 Å². The average molecular weight is 254 g/mol. The molecule has 2 N–H and O–H groups in total. The van der Waals surface area contributed by atoms with E-state index in [1.165, 1.54) is 16.8 Å². The van der Waals surface area contributed by atoms with Gasteiger partial charge in [-0.05, 0) is 42.3 Å². The Morgan fingerprint density at radius 2 is 1.95 bits per heavy atom. The summed E-state index contributed by atoms with van der Waals surface area (Å²) in [6.07, 6.45) is 0. The average Bonchev–Trinajstić information content (AvgIpc) is 2.82. The van der Waals surface area contributed by atoms with E-state index in [1.54, 1.807) is 0 Å². The lowest BCUT2D eigenvalue weighted by atomic mass is 10.1. The number of nitrogen functional groups attached to an aromatic ring is 1. The van der Waals surface area contributed by atoms with Crippen LogP contribution in [0.1, 0.15) is 18.1 Å². The van der Waals surface area contributed by atoms with Crippen molar-refractivity contribution < 1.29 is 4.74 Å². The van der Waals surface area contributed by atoms with Crippen molar-refractivity contribution in [1.29, 1.82) is 0 Å². The fraction of sp³-hybridized carbons (Fsp3) is 0.250. The minimum absolute atomic E-state index is 0.695. The lowest BCUT2D eigenvalue weighted by Crippen LogP contribution is -2.14. The molecule has 0 aromatic heterocycles. The van der Waals surface area contributed by atoms with E-state index in [9.17, 15) is 0 Å². The SMILES string of the molecule is CCOc1cccc(N2Cc3ccc(N)cc3C2)c1. The molecule has 0 radical (unpaired) electrons. The minimum Gasteiger partial charge on any atom is -0.494 e. The van der Waals surface area contributed by atoms with Crippen molar-refractivity contribution in [3.05, 3.63) is 53.6 Å². The van der Waals surface area contributed by atoms with Crippen LogP contribution in [0.25, 0.3) is 0 Å². The highest BCUT2D eigenvalue weighted by Gasteiger charge is 2.19. The fourth-order valence-electron chi connectivity index (χ4n) is 2.53. The smallest absolute Gasteiger partial charge is 0.121 e. The summed E-state index contributed by atoms with van der Waals surface area (Å²) in [7, 11) is 0. The zero-order valence-electron chi connectivity index (χ0n) is 11.1. The number of hydrogen-bond donors (Lipinski definition) is 1. The van der Waals surface area contributed by atoms with Crippen LogP contribution in [-0.2, 0) is 13.1 Å². The van der Waals surface area contributed by atoms with Crippen LogP contribution < -0.4 is 15.4 Å². The predicted molar refractivity (Wildman–Crippen MR) is 78.4 cm³/mol. The van der Waals surface area contributed by atoms with Gasteiger partial charge in [0.25, 0.3) is 0 Å². The molecule has 2 aromatic carbocycles. The summed E-state index contributed by atoms with van der Waals surface area (Å²) in [6.45, 7) is 4.54. The van der Waals surface area contributed by atoms with Crippen LogP contribution in [0.4, 0.5) is 11.4 Å². The van der Waals surface area contributed by atoms with Gasteiger partial charge in [0.2, 0.25) is 0 Å². The standard InChI is InChI=1S/C16H18N2O/c1-2-19-16-5-3-4-15(9-16)18-10-12-6-7-14(17)8-13(12)11-18/h3-9H,2,10-11,17H2,1H3. The molecule has 3 heteroatoms. The first-order valence-corrected chi connectivity index (χ1v) is 6.61. The number of benzene rings is 2. The molecule has 0 atom stereocenters. The van der Waals surface area contributed by atoms with Crippen molar-refractivity contribution in [3.63, 3.8) is 0 Å². The van der Waals surface area contributed by atoms with E-state index < -0.39 is 0 Å². The van der Waals surface area contributed by atoms with E-state index in [2.05, 4.69) is 29.2 Å². The molecule has 19 heavy (non-hydrogen) atoms. The quantitative estimate of drug-likeness (QED) is 0.855. The van der Waals surface area contributed by atoms with Gasteiger partial charge in [-0.2, -0.15) is 0 Å². The Hall–Kier alpha value is -2.16. The van der Waals surface area contributed by atoms with Crippen LogP contribution in [0.2, 0.25) is 0 Å². The molecule has 0 unspecified atom stereocenters. The Labute approximate surface area is 113 Å². The Bertz CT molecular complexity index is 595. The molecular weight excluding hydrogens is 236 g/mol. The summed E-state index contributed by atoms with van der Waals surface area (Å²) in [5.41, 5.74) is 10.6. The minimum atomic E-state index is 0.695. The third-order valence-electron chi connectivity index (χ3n) is 3.45. The maximum Gasteiger partial charge on any atom is 0.121 e. The van der Waals surface area contributed by atoms with E-state index in [1.807, 2.05) is 25.1 Å². The monoisotopic (exact) mass is 254 g/mol. The Balaban J connectivity index is 1.84. The van der Waals surface area contributed by atoms with Gasteiger partial charge in [-0.3, -0.25) is 0 Å². The van der Waals surface area contributed by atoms with Crippen LogP contribution in [0, 0.1) is 0 Å². The largest absolute Gasteiger partial charge is 0.494 e. The van der Waals surface area contributed by atoms with Crippen LogP contribution in [0.3, 0.4) is 0 Å². The summed E-state index contributed by atoms with van der Waals surface area (Å²) in [4.78, 5) is 2.34. The van der Waals surface area contributed by atoms with Gasteiger partial charge in [0.05, 0.1) is 6.61 Å². The van der Waals surface area contributed by atoms with Crippen molar-refractivity contribution in [1.82, 2.24) is 0 Å². The molecule has 3 rings (SSSR count). The van der Waals surface area contributed by atoms with Gasteiger partial charge in [0.1, 0.15) is 5.75 Å². The van der Waals surface area contributed by atoms with E-state index in [-0.39, 0.29) is 0 Å². The summed E-state index contributed by atoms with van der Waals surface area (Å²) in [5, 5.41) is 0. The Morgan fingerprint density at radius 1 is 1.11 bits per heavy atom. The van der Waals surface area contributed by atoms with Crippen molar-refractivity contribution >= 4 is 11.4 Å². The highest BCUT2D eigenvalue weighted by Crippen LogP contribution is 2.31. The van der Waals surface area contributed by atoms with Gasteiger partial charge in [0, 0.05) is 30.5 Å². The topological polar surface area (TPSA) is 38.5 Å².